The Hall–Kier alpha value is -0.660. The van der Waals surface area contributed by atoms with Crippen LogP contribution in [0, 0.1) is 5.82 Å². The minimum absolute atomic E-state index is 0.0123. The quantitative estimate of drug-likeness (QED) is 0.811. The Kier molecular flexibility index (Phi) is 5.62. The molecule has 0 bridgehead atoms. The molecule has 0 aliphatic carbocycles. The third-order valence-corrected chi connectivity index (χ3v) is 4.23. The molecule has 0 saturated carbocycles. The molecule has 0 amide bonds. The molecule has 7 heteroatoms. The number of alkyl halides is 3. The molecule has 1 aliphatic rings. The molecule has 0 aromatic heterocycles. The van der Waals surface area contributed by atoms with Gasteiger partial charge >= 0.3 is 6.18 Å². The Labute approximate surface area is 129 Å². The van der Waals surface area contributed by atoms with Crippen LogP contribution in [0.15, 0.2) is 22.7 Å². The normalized spacial score (nSPS) is 18.7. The molecule has 1 atom stereocenters. The van der Waals surface area contributed by atoms with Crippen molar-refractivity contribution in [3.05, 3.63) is 34.1 Å². The molecule has 1 heterocycles. The molecule has 1 saturated heterocycles. The van der Waals surface area contributed by atoms with Crippen molar-refractivity contribution in [3.8, 4) is 0 Å². The topological polar surface area (TPSA) is 15.3 Å². The van der Waals surface area contributed by atoms with E-state index >= 15 is 0 Å². The largest absolute Gasteiger partial charge is 0.389 e. The highest BCUT2D eigenvalue weighted by Crippen LogP contribution is 2.33. The van der Waals surface area contributed by atoms with Gasteiger partial charge in [0, 0.05) is 38.6 Å². The van der Waals surface area contributed by atoms with Gasteiger partial charge in [-0.05, 0) is 40.0 Å². The molecule has 2 rings (SSSR count). The number of hydrogen-bond acceptors (Lipinski definition) is 2. The molecule has 21 heavy (non-hydrogen) atoms. The highest BCUT2D eigenvalue weighted by molar-refractivity contribution is 9.10. The summed E-state index contributed by atoms with van der Waals surface area (Å²) < 4.78 is 51.2. The molecule has 0 unspecified atom stereocenters. The standard InChI is InChI=1S/C14H17BrF4N2/c15-11-9-10(1-2-12(11)16)13(3-4-14(17,18)19)21-7-5-20-6-8-21/h1-2,9,13,20H,3-8H2/t13-/m0/s1. The van der Waals surface area contributed by atoms with Gasteiger partial charge in [0.1, 0.15) is 5.82 Å². The van der Waals surface area contributed by atoms with Crippen LogP contribution in [0.25, 0.3) is 0 Å². The van der Waals surface area contributed by atoms with Crippen molar-refractivity contribution in [1.82, 2.24) is 10.2 Å². The number of halogens is 5. The summed E-state index contributed by atoms with van der Waals surface area (Å²) in [6.07, 6.45) is -5.03. The average Bonchev–Trinajstić information content (AvgIpc) is 2.43. The summed E-state index contributed by atoms with van der Waals surface area (Å²) in [7, 11) is 0. The zero-order valence-electron chi connectivity index (χ0n) is 11.4. The van der Waals surface area contributed by atoms with Crippen molar-refractivity contribution in [1.29, 1.82) is 0 Å². The van der Waals surface area contributed by atoms with E-state index in [1.165, 1.54) is 6.07 Å². The van der Waals surface area contributed by atoms with E-state index in [0.29, 0.717) is 13.1 Å². The minimum Gasteiger partial charge on any atom is -0.314 e. The van der Waals surface area contributed by atoms with Crippen molar-refractivity contribution in [2.45, 2.75) is 25.1 Å². The Bertz CT molecular complexity index is 473. The zero-order chi connectivity index (χ0) is 15.5. The number of piperazine rings is 1. The van der Waals surface area contributed by atoms with Gasteiger partial charge in [-0.15, -0.1) is 0 Å². The molecule has 1 fully saturated rings. The molecule has 1 N–H and O–H groups in total. The van der Waals surface area contributed by atoms with Gasteiger partial charge in [-0.1, -0.05) is 6.07 Å². The van der Waals surface area contributed by atoms with Crippen LogP contribution in [0.1, 0.15) is 24.4 Å². The van der Waals surface area contributed by atoms with Crippen LogP contribution in [0.2, 0.25) is 0 Å². The summed E-state index contributed by atoms with van der Waals surface area (Å²) in [5.74, 6) is -0.409. The maximum atomic E-state index is 13.3. The van der Waals surface area contributed by atoms with E-state index in [1.54, 1.807) is 12.1 Å². The lowest BCUT2D eigenvalue weighted by atomic mass is 9.99. The molecule has 118 valence electrons. The summed E-state index contributed by atoms with van der Waals surface area (Å²) in [4.78, 5) is 2.03. The number of hydrogen-bond donors (Lipinski definition) is 1. The van der Waals surface area contributed by atoms with E-state index in [9.17, 15) is 17.6 Å². The third kappa shape index (κ3) is 4.93. The Morgan fingerprint density at radius 3 is 2.48 bits per heavy atom. The first-order chi connectivity index (χ1) is 9.87. The molecule has 1 aliphatic heterocycles. The van der Waals surface area contributed by atoms with Crippen LogP contribution in [-0.4, -0.2) is 37.3 Å². The monoisotopic (exact) mass is 368 g/mol. The smallest absolute Gasteiger partial charge is 0.314 e. The predicted molar refractivity (Wildman–Crippen MR) is 76.6 cm³/mol. The fourth-order valence-electron chi connectivity index (χ4n) is 2.57. The number of benzene rings is 1. The highest BCUT2D eigenvalue weighted by Gasteiger charge is 2.31. The first-order valence-corrected chi connectivity index (χ1v) is 7.62. The van der Waals surface area contributed by atoms with Crippen molar-refractivity contribution < 1.29 is 17.6 Å². The minimum atomic E-state index is -4.18. The fourth-order valence-corrected chi connectivity index (χ4v) is 2.97. The predicted octanol–water partition coefficient (Wildman–Crippen LogP) is 3.88. The van der Waals surface area contributed by atoms with E-state index in [4.69, 9.17) is 0 Å². The lowest BCUT2D eigenvalue weighted by Crippen LogP contribution is -2.45. The van der Waals surface area contributed by atoms with Crippen molar-refractivity contribution in [2.75, 3.05) is 26.2 Å². The molecule has 1 aromatic carbocycles. The third-order valence-electron chi connectivity index (χ3n) is 3.62. The first kappa shape index (κ1) is 16.7. The van der Waals surface area contributed by atoms with Gasteiger partial charge in [-0.25, -0.2) is 4.39 Å². The number of nitrogens with one attached hydrogen (secondary N) is 1. The fraction of sp³-hybridized carbons (Fsp3) is 0.571. The van der Waals surface area contributed by atoms with Crippen LogP contribution < -0.4 is 5.32 Å². The first-order valence-electron chi connectivity index (χ1n) is 6.83. The van der Waals surface area contributed by atoms with E-state index in [0.717, 1.165) is 18.7 Å². The number of rotatable bonds is 4. The van der Waals surface area contributed by atoms with E-state index in [-0.39, 0.29) is 16.9 Å². The Balaban J connectivity index is 2.18. The van der Waals surface area contributed by atoms with Gasteiger partial charge in [0.05, 0.1) is 4.47 Å². The number of nitrogens with zero attached hydrogens (tertiary/aromatic N) is 1. The zero-order valence-corrected chi connectivity index (χ0v) is 13.0. The van der Waals surface area contributed by atoms with Crippen LogP contribution in [0.4, 0.5) is 17.6 Å². The van der Waals surface area contributed by atoms with Gasteiger partial charge in [-0.3, -0.25) is 4.90 Å². The molecule has 0 spiro atoms. The molecule has 0 radical (unpaired) electrons. The molecular formula is C14H17BrF4N2. The summed E-state index contributed by atoms with van der Waals surface area (Å²) in [5.41, 5.74) is 0.717. The van der Waals surface area contributed by atoms with Gasteiger partial charge in [0.15, 0.2) is 0 Å². The van der Waals surface area contributed by atoms with Gasteiger partial charge < -0.3 is 5.32 Å². The summed E-state index contributed by atoms with van der Waals surface area (Å²) in [6, 6.07) is 4.11. The van der Waals surface area contributed by atoms with Crippen LogP contribution in [-0.2, 0) is 0 Å². The van der Waals surface area contributed by atoms with Gasteiger partial charge in [0.25, 0.3) is 0 Å². The van der Waals surface area contributed by atoms with Crippen molar-refractivity contribution in [3.63, 3.8) is 0 Å². The summed E-state index contributed by atoms with van der Waals surface area (Å²) >= 11 is 3.10. The second-order valence-electron chi connectivity index (χ2n) is 5.13. The Morgan fingerprint density at radius 2 is 1.90 bits per heavy atom. The maximum Gasteiger partial charge on any atom is 0.389 e. The summed E-state index contributed by atoms with van der Waals surface area (Å²) in [6.45, 7) is 2.89. The lowest BCUT2D eigenvalue weighted by molar-refractivity contribution is -0.138. The second kappa shape index (κ2) is 7.07. The summed E-state index contributed by atoms with van der Waals surface area (Å²) in [5, 5.41) is 3.18. The second-order valence-corrected chi connectivity index (χ2v) is 5.98. The van der Waals surface area contributed by atoms with Crippen molar-refractivity contribution >= 4 is 15.9 Å². The van der Waals surface area contributed by atoms with E-state index in [1.807, 2.05) is 4.90 Å². The van der Waals surface area contributed by atoms with Crippen LogP contribution >= 0.6 is 15.9 Å². The van der Waals surface area contributed by atoms with Gasteiger partial charge in [-0.2, -0.15) is 13.2 Å². The Morgan fingerprint density at radius 1 is 1.24 bits per heavy atom. The average molecular weight is 369 g/mol. The lowest BCUT2D eigenvalue weighted by Gasteiger charge is -2.35. The SMILES string of the molecule is Fc1ccc([C@H](CCC(F)(F)F)N2CCNCC2)cc1Br. The van der Waals surface area contributed by atoms with Crippen molar-refractivity contribution in [2.24, 2.45) is 0 Å². The van der Waals surface area contributed by atoms with E-state index < -0.39 is 18.4 Å². The van der Waals surface area contributed by atoms with Crippen LogP contribution in [0.3, 0.4) is 0 Å². The highest BCUT2D eigenvalue weighted by atomic mass is 79.9. The molecular weight excluding hydrogens is 352 g/mol. The van der Waals surface area contributed by atoms with Gasteiger partial charge in [0.2, 0.25) is 0 Å². The molecule has 1 aromatic rings. The maximum absolute atomic E-state index is 13.3. The van der Waals surface area contributed by atoms with E-state index in [2.05, 4.69) is 21.2 Å². The molecule has 2 nitrogen and oxygen atoms in total. The van der Waals surface area contributed by atoms with Crippen LogP contribution in [0.5, 0.6) is 0 Å².